The zero-order valence-electron chi connectivity index (χ0n) is 13.2. The lowest BCUT2D eigenvalue weighted by Gasteiger charge is -2.18. The fourth-order valence-corrected chi connectivity index (χ4v) is 2.57. The third kappa shape index (κ3) is 3.93. The van der Waals surface area contributed by atoms with Crippen LogP contribution in [0.25, 0.3) is 0 Å². The van der Waals surface area contributed by atoms with Gasteiger partial charge in [-0.2, -0.15) is 5.26 Å². The van der Waals surface area contributed by atoms with E-state index in [9.17, 15) is 14.0 Å². The summed E-state index contributed by atoms with van der Waals surface area (Å²) in [7, 11) is 0. The third-order valence-electron chi connectivity index (χ3n) is 3.88. The molecule has 126 valence electrons. The number of rotatable bonds is 3. The lowest BCUT2D eigenvalue weighted by molar-refractivity contribution is -0.116. The molecule has 0 atom stereocenters. The Hall–Kier alpha value is -3.40. The van der Waals surface area contributed by atoms with E-state index in [1.807, 2.05) is 6.07 Å². The van der Waals surface area contributed by atoms with E-state index >= 15 is 0 Å². The first-order valence-corrected chi connectivity index (χ1v) is 7.71. The molecule has 7 heteroatoms. The van der Waals surface area contributed by atoms with Crippen molar-refractivity contribution in [2.75, 3.05) is 10.6 Å². The first-order chi connectivity index (χ1) is 12.0. The van der Waals surface area contributed by atoms with Crippen LogP contribution < -0.4 is 16.0 Å². The number of amides is 3. The Labute approximate surface area is 143 Å². The minimum atomic E-state index is -0.538. The summed E-state index contributed by atoms with van der Waals surface area (Å²) in [6, 6.07) is 10.7. The highest BCUT2D eigenvalue weighted by atomic mass is 19.1. The molecule has 3 N–H and O–H groups in total. The van der Waals surface area contributed by atoms with Crippen molar-refractivity contribution in [3.05, 3.63) is 58.9 Å². The molecule has 3 amide bonds. The molecule has 1 aliphatic rings. The highest BCUT2D eigenvalue weighted by Gasteiger charge is 2.15. The summed E-state index contributed by atoms with van der Waals surface area (Å²) >= 11 is 0. The van der Waals surface area contributed by atoms with Crippen LogP contribution in [0, 0.1) is 17.1 Å². The van der Waals surface area contributed by atoms with Crippen molar-refractivity contribution < 1.29 is 14.0 Å². The molecular formula is C18H15FN4O2. The van der Waals surface area contributed by atoms with E-state index in [4.69, 9.17) is 5.26 Å². The number of nitriles is 1. The van der Waals surface area contributed by atoms with Crippen molar-refractivity contribution >= 4 is 23.3 Å². The number of halogens is 1. The summed E-state index contributed by atoms with van der Waals surface area (Å²) in [6.07, 6.45) is 1.04. The lowest BCUT2D eigenvalue weighted by atomic mass is 10.0. The second-order valence-corrected chi connectivity index (χ2v) is 5.65. The Morgan fingerprint density at radius 2 is 2.08 bits per heavy atom. The van der Waals surface area contributed by atoms with Crippen LogP contribution in [-0.2, 0) is 17.8 Å². The van der Waals surface area contributed by atoms with Crippen LogP contribution in [0.1, 0.15) is 23.1 Å². The molecule has 1 aliphatic heterocycles. The Morgan fingerprint density at radius 3 is 2.84 bits per heavy atom. The molecule has 3 rings (SSSR count). The van der Waals surface area contributed by atoms with Gasteiger partial charge in [0.15, 0.2) is 0 Å². The van der Waals surface area contributed by atoms with Crippen molar-refractivity contribution in [1.29, 1.82) is 5.26 Å². The average molecular weight is 338 g/mol. The number of nitrogens with one attached hydrogen (secondary N) is 3. The predicted molar refractivity (Wildman–Crippen MR) is 90.4 cm³/mol. The van der Waals surface area contributed by atoms with Crippen molar-refractivity contribution in [2.45, 2.75) is 19.4 Å². The number of anilines is 2. The van der Waals surface area contributed by atoms with Crippen LogP contribution >= 0.6 is 0 Å². The van der Waals surface area contributed by atoms with Gasteiger partial charge < -0.3 is 16.0 Å². The molecule has 0 radical (unpaired) electrons. The highest BCUT2D eigenvalue weighted by molar-refractivity contribution is 5.95. The molecule has 0 saturated heterocycles. The second-order valence-electron chi connectivity index (χ2n) is 5.65. The molecule has 0 spiro atoms. The van der Waals surface area contributed by atoms with E-state index in [0.29, 0.717) is 24.1 Å². The molecule has 2 aromatic carbocycles. The Bertz CT molecular complexity index is 889. The first-order valence-electron chi connectivity index (χ1n) is 7.71. The van der Waals surface area contributed by atoms with Crippen LogP contribution in [0.5, 0.6) is 0 Å². The molecule has 6 nitrogen and oxygen atoms in total. The van der Waals surface area contributed by atoms with Crippen LogP contribution in [-0.4, -0.2) is 11.9 Å². The van der Waals surface area contributed by atoms with E-state index in [2.05, 4.69) is 16.0 Å². The van der Waals surface area contributed by atoms with Gasteiger partial charge in [0.25, 0.3) is 0 Å². The normalized spacial score (nSPS) is 12.6. The number of nitrogens with zero attached hydrogens (tertiary/aromatic N) is 1. The summed E-state index contributed by atoms with van der Waals surface area (Å²) in [4.78, 5) is 23.3. The van der Waals surface area contributed by atoms with Crippen molar-refractivity contribution in [3.63, 3.8) is 0 Å². The predicted octanol–water partition coefficient (Wildman–Crippen LogP) is 2.90. The number of hydrogen-bond donors (Lipinski definition) is 3. The lowest BCUT2D eigenvalue weighted by Crippen LogP contribution is -2.28. The molecule has 25 heavy (non-hydrogen) atoms. The van der Waals surface area contributed by atoms with Gasteiger partial charge in [-0.05, 0) is 42.3 Å². The van der Waals surface area contributed by atoms with Crippen LogP contribution in [0.2, 0.25) is 0 Å². The minimum absolute atomic E-state index is 0.00434. The third-order valence-corrected chi connectivity index (χ3v) is 3.88. The van der Waals surface area contributed by atoms with Gasteiger partial charge >= 0.3 is 6.03 Å². The average Bonchev–Trinajstić information content (AvgIpc) is 2.60. The molecular weight excluding hydrogens is 323 g/mol. The van der Waals surface area contributed by atoms with Gasteiger partial charge in [-0.15, -0.1) is 0 Å². The monoisotopic (exact) mass is 338 g/mol. The topological polar surface area (TPSA) is 94.0 Å². The Balaban J connectivity index is 1.60. The molecule has 0 bridgehead atoms. The van der Waals surface area contributed by atoms with Crippen LogP contribution in [0.4, 0.5) is 20.6 Å². The first kappa shape index (κ1) is 16.5. The quantitative estimate of drug-likeness (QED) is 0.803. The Kier molecular flexibility index (Phi) is 4.61. The van der Waals surface area contributed by atoms with E-state index < -0.39 is 11.8 Å². The van der Waals surface area contributed by atoms with Gasteiger partial charge in [0.1, 0.15) is 5.82 Å². The van der Waals surface area contributed by atoms with E-state index in [0.717, 1.165) is 17.3 Å². The number of aryl methyl sites for hydroxylation is 1. The van der Waals surface area contributed by atoms with E-state index in [1.54, 1.807) is 18.2 Å². The zero-order chi connectivity index (χ0) is 17.8. The van der Waals surface area contributed by atoms with Crippen LogP contribution in [0.3, 0.4) is 0 Å². The summed E-state index contributed by atoms with van der Waals surface area (Å²) in [6.45, 7) is 0.00434. The SMILES string of the molecule is N#Cc1ccc(CNC(=O)Nc2ccc3c(c2)CCC(=O)N3)c(F)c1. The zero-order valence-corrected chi connectivity index (χ0v) is 13.2. The smallest absolute Gasteiger partial charge is 0.319 e. The van der Waals surface area contributed by atoms with Gasteiger partial charge in [0, 0.05) is 29.9 Å². The number of carbonyl (C=O) groups is 2. The molecule has 0 aromatic heterocycles. The van der Waals surface area contributed by atoms with Gasteiger partial charge in [-0.25, -0.2) is 9.18 Å². The van der Waals surface area contributed by atoms with Gasteiger partial charge in [-0.3, -0.25) is 4.79 Å². The van der Waals surface area contributed by atoms with Crippen LogP contribution in [0.15, 0.2) is 36.4 Å². The largest absolute Gasteiger partial charge is 0.334 e. The fourth-order valence-electron chi connectivity index (χ4n) is 2.57. The number of urea groups is 1. The Morgan fingerprint density at radius 1 is 1.24 bits per heavy atom. The van der Waals surface area contributed by atoms with Gasteiger partial charge in [-0.1, -0.05) is 6.07 Å². The summed E-state index contributed by atoms with van der Waals surface area (Å²) in [5.41, 5.74) is 2.82. The summed E-state index contributed by atoms with van der Waals surface area (Å²) in [5, 5.41) is 16.7. The fraction of sp³-hybridized carbons (Fsp3) is 0.167. The van der Waals surface area contributed by atoms with Gasteiger partial charge in [0.05, 0.1) is 11.6 Å². The van der Waals surface area contributed by atoms with Crippen molar-refractivity contribution in [1.82, 2.24) is 5.32 Å². The van der Waals surface area contributed by atoms with Crippen molar-refractivity contribution in [3.8, 4) is 6.07 Å². The van der Waals surface area contributed by atoms with E-state index in [-0.39, 0.29) is 18.0 Å². The molecule has 1 heterocycles. The molecule has 0 fully saturated rings. The number of benzene rings is 2. The maximum absolute atomic E-state index is 13.8. The standard InChI is InChI=1S/C18H15FN4O2/c19-15-7-11(9-20)1-2-13(15)10-21-18(25)22-14-4-5-16-12(8-14)3-6-17(24)23-16/h1-2,4-5,7-8H,3,6,10H2,(H,23,24)(H2,21,22,25). The van der Waals surface area contributed by atoms with Crippen molar-refractivity contribution in [2.24, 2.45) is 0 Å². The maximum atomic E-state index is 13.8. The number of hydrogen-bond acceptors (Lipinski definition) is 3. The second kappa shape index (κ2) is 7.01. The summed E-state index contributed by atoms with van der Waals surface area (Å²) < 4.78 is 13.8. The summed E-state index contributed by atoms with van der Waals surface area (Å²) in [5.74, 6) is -0.556. The number of fused-ring (bicyclic) bond motifs is 1. The maximum Gasteiger partial charge on any atom is 0.319 e. The number of carbonyl (C=O) groups excluding carboxylic acids is 2. The molecule has 2 aromatic rings. The highest BCUT2D eigenvalue weighted by Crippen LogP contribution is 2.25. The molecule has 0 saturated carbocycles. The van der Waals surface area contributed by atoms with E-state index in [1.165, 1.54) is 12.1 Å². The molecule has 0 aliphatic carbocycles. The van der Waals surface area contributed by atoms with Gasteiger partial charge in [0.2, 0.25) is 5.91 Å². The minimum Gasteiger partial charge on any atom is -0.334 e. The molecule has 0 unspecified atom stereocenters.